The van der Waals surface area contributed by atoms with Gasteiger partial charge in [-0.15, -0.1) is 0 Å². The van der Waals surface area contributed by atoms with Crippen molar-refractivity contribution < 1.29 is 19.1 Å². The summed E-state index contributed by atoms with van der Waals surface area (Å²) < 4.78 is 13.2. The van der Waals surface area contributed by atoms with Gasteiger partial charge in [-0.3, -0.25) is 4.79 Å². The van der Waals surface area contributed by atoms with E-state index in [-0.39, 0.29) is 12.2 Å². The Labute approximate surface area is 104 Å². The Morgan fingerprint density at radius 3 is 2.50 bits per heavy atom. The van der Waals surface area contributed by atoms with Gasteiger partial charge >= 0.3 is 12.0 Å². The fourth-order valence-corrected chi connectivity index (χ4v) is 1.11. The monoisotopic (exact) mass is 254 g/mol. The second kappa shape index (κ2) is 5.48. The molecule has 0 radical (unpaired) electrons. The first-order valence-corrected chi connectivity index (χ1v) is 5.36. The maximum atomic E-state index is 13.2. The van der Waals surface area contributed by atoms with Crippen molar-refractivity contribution in [3.8, 4) is 0 Å². The predicted molar refractivity (Wildman–Crippen MR) is 64.8 cm³/mol. The van der Waals surface area contributed by atoms with Gasteiger partial charge in [-0.05, 0) is 26.0 Å². The molecule has 6 heteroatoms. The smallest absolute Gasteiger partial charge is 0.319 e. The van der Waals surface area contributed by atoms with Gasteiger partial charge in [-0.25, -0.2) is 9.18 Å². The molecule has 98 valence electrons. The molecule has 0 aliphatic heterocycles. The quantitative estimate of drug-likeness (QED) is 0.769. The largest absolute Gasteiger partial charge is 0.481 e. The fourth-order valence-electron chi connectivity index (χ4n) is 1.11. The third-order valence-corrected chi connectivity index (χ3v) is 2.39. The highest BCUT2D eigenvalue weighted by molar-refractivity contribution is 5.89. The van der Waals surface area contributed by atoms with Crippen LogP contribution in [0.5, 0.6) is 0 Å². The number of halogens is 1. The summed E-state index contributed by atoms with van der Waals surface area (Å²) in [6, 6.07) is 5.08. The number of rotatable bonds is 4. The Balaban J connectivity index is 2.54. The van der Waals surface area contributed by atoms with Crippen molar-refractivity contribution in [1.82, 2.24) is 5.32 Å². The topological polar surface area (TPSA) is 78.4 Å². The molecule has 0 aliphatic rings. The molecule has 0 atom stereocenters. The normalized spacial score (nSPS) is 10.8. The third kappa shape index (κ3) is 3.73. The highest BCUT2D eigenvalue weighted by Crippen LogP contribution is 2.14. The molecular weight excluding hydrogens is 239 g/mol. The molecule has 3 N–H and O–H groups in total. The highest BCUT2D eigenvalue weighted by atomic mass is 19.1. The van der Waals surface area contributed by atoms with E-state index in [1.165, 1.54) is 32.0 Å². The molecule has 2 amide bonds. The summed E-state index contributed by atoms with van der Waals surface area (Å²) in [5, 5.41) is 13.5. The van der Waals surface area contributed by atoms with Gasteiger partial charge in [0.1, 0.15) is 5.82 Å². The van der Waals surface area contributed by atoms with Crippen molar-refractivity contribution in [2.45, 2.75) is 13.8 Å². The average molecular weight is 254 g/mol. The number of anilines is 1. The van der Waals surface area contributed by atoms with Crippen LogP contribution in [-0.4, -0.2) is 23.7 Å². The third-order valence-electron chi connectivity index (χ3n) is 2.39. The number of carboxylic acids is 1. The molecule has 0 saturated heterocycles. The van der Waals surface area contributed by atoms with Crippen molar-refractivity contribution in [3.05, 3.63) is 30.1 Å². The van der Waals surface area contributed by atoms with Gasteiger partial charge in [-0.1, -0.05) is 12.1 Å². The number of carboxylic acid groups (broad SMARTS) is 1. The summed E-state index contributed by atoms with van der Waals surface area (Å²) in [6.07, 6.45) is 0. The van der Waals surface area contributed by atoms with E-state index in [9.17, 15) is 14.0 Å². The number of hydrogen-bond donors (Lipinski definition) is 3. The standard InChI is InChI=1S/C12H15FN2O3/c1-12(2,10(16)17)7-14-11(18)15-9-6-4-3-5-8(9)13/h3-6H,7H2,1-2H3,(H,16,17)(H2,14,15,18). The van der Waals surface area contributed by atoms with Crippen LogP contribution in [0.25, 0.3) is 0 Å². The van der Waals surface area contributed by atoms with Gasteiger partial charge in [-0.2, -0.15) is 0 Å². The minimum absolute atomic E-state index is 0.0446. The molecule has 5 nitrogen and oxygen atoms in total. The SMILES string of the molecule is CC(C)(CNC(=O)Nc1ccccc1F)C(=O)O. The molecule has 1 aromatic rings. The molecule has 0 unspecified atom stereocenters. The number of aliphatic carboxylic acids is 1. The summed E-state index contributed by atoms with van der Waals surface area (Å²) in [4.78, 5) is 22.3. The molecule has 0 fully saturated rings. The minimum atomic E-state index is -1.08. The van der Waals surface area contributed by atoms with E-state index in [1.54, 1.807) is 6.07 Å². The lowest BCUT2D eigenvalue weighted by molar-refractivity contribution is -0.146. The van der Waals surface area contributed by atoms with E-state index in [1.807, 2.05) is 0 Å². The van der Waals surface area contributed by atoms with E-state index in [0.717, 1.165) is 0 Å². The predicted octanol–water partition coefficient (Wildman–Crippen LogP) is 2.06. The van der Waals surface area contributed by atoms with Crippen molar-refractivity contribution in [1.29, 1.82) is 0 Å². The number of hydrogen-bond acceptors (Lipinski definition) is 2. The molecule has 1 aromatic carbocycles. The first-order chi connectivity index (χ1) is 8.33. The van der Waals surface area contributed by atoms with E-state index in [4.69, 9.17) is 5.11 Å². The van der Waals surface area contributed by atoms with Crippen LogP contribution >= 0.6 is 0 Å². The van der Waals surface area contributed by atoms with Crippen molar-refractivity contribution in [2.75, 3.05) is 11.9 Å². The molecule has 0 aliphatic carbocycles. The molecule has 1 rings (SSSR count). The van der Waals surface area contributed by atoms with Gasteiger partial charge in [0.2, 0.25) is 0 Å². The van der Waals surface area contributed by atoms with Crippen LogP contribution in [-0.2, 0) is 4.79 Å². The Morgan fingerprint density at radius 2 is 1.94 bits per heavy atom. The minimum Gasteiger partial charge on any atom is -0.481 e. The lowest BCUT2D eigenvalue weighted by Crippen LogP contribution is -2.40. The summed E-state index contributed by atoms with van der Waals surface area (Å²) >= 11 is 0. The Bertz CT molecular complexity index is 460. The summed E-state index contributed by atoms with van der Waals surface area (Å²) in [7, 11) is 0. The molecule has 0 heterocycles. The van der Waals surface area contributed by atoms with Gasteiger partial charge in [0.25, 0.3) is 0 Å². The molecular formula is C12H15FN2O3. The van der Waals surface area contributed by atoms with E-state index < -0.39 is 23.2 Å². The second-order valence-electron chi connectivity index (χ2n) is 4.48. The van der Waals surface area contributed by atoms with Gasteiger partial charge in [0, 0.05) is 6.54 Å². The number of para-hydroxylation sites is 1. The number of urea groups is 1. The fraction of sp³-hybridized carbons (Fsp3) is 0.333. The van der Waals surface area contributed by atoms with Crippen LogP contribution in [0.4, 0.5) is 14.9 Å². The van der Waals surface area contributed by atoms with E-state index in [0.29, 0.717) is 0 Å². The number of benzene rings is 1. The lowest BCUT2D eigenvalue weighted by atomic mass is 9.94. The van der Waals surface area contributed by atoms with Crippen molar-refractivity contribution in [2.24, 2.45) is 5.41 Å². The second-order valence-corrected chi connectivity index (χ2v) is 4.48. The van der Waals surface area contributed by atoms with E-state index >= 15 is 0 Å². The van der Waals surface area contributed by atoms with E-state index in [2.05, 4.69) is 10.6 Å². The highest BCUT2D eigenvalue weighted by Gasteiger charge is 2.27. The van der Waals surface area contributed by atoms with Crippen molar-refractivity contribution >= 4 is 17.7 Å². The summed E-state index contributed by atoms with van der Waals surface area (Å²) in [5.74, 6) is -1.57. The van der Waals surface area contributed by atoms with Gasteiger partial charge < -0.3 is 15.7 Å². The first-order valence-electron chi connectivity index (χ1n) is 5.36. The van der Waals surface area contributed by atoms with Crippen LogP contribution in [0.1, 0.15) is 13.8 Å². The first kappa shape index (κ1) is 14.0. The Kier molecular flexibility index (Phi) is 4.25. The zero-order valence-electron chi connectivity index (χ0n) is 10.2. The number of nitrogens with one attached hydrogen (secondary N) is 2. The molecule has 0 bridgehead atoms. The maximum Gasteiger partial charge on any atom is 0.319 e. The summed E-state index contributed by atoms with van der Waals surface area (Å²) in [6.45, 7) is 2.92. The van der Waals surface area contributed by atoms with Gasteiger partial charge in [0.15, 0.2) is 0 Å². The Morgan fingerprint density at radius 1 is 1.33 bits per heavy atom. The van der Waals surface area contributed by atoms with Crippen LogP contribution in [0.15, 0.2) is 24.3 Å². The van der Waals surface area contributed by atoms with Crippen LogP contribution in [0.3, 0.4) is 0 Å². The lowest BCUT2D eigenvalue weighted by Gasteiger charge is -2.19. The zero-order chi connectivity index (χ0) is 13.8. The van der Waals surface area contributed by atoms with Crippen LogP contribution in [0, 0.1) is 11.2 Å². The van der Waals surface area contributed by atoms with Crippen LogP contribution in [0.2, 0.25) is 0 Å². The molecule has 0 spiro atoms. The number of carbonyl (C=O) groups excluding carboxylic acids is 1. The average Bonchev–Trinajstić information content (AvgIpc) is 2.29. The molecule has 18 heavy (non-hydrogen) atoms. The van der Waals surface area contributed by atoms with Crippen LogP contribution < -0.4 is 10.6 Å². The van der Waals surface area contributed by atoms with Crippen molar-refractivity contribution in [3.63, 3.8) is 0 Å². The summed E-state index contributed by atoms with van der Waals surface area (Å²) in [5.41, 5.74) is -1.03. The molecule has 0 saturated carbocycles. The van der Waals surface area contributed by atoms with Gasteiger partial charge in [0.05, 0.1) is 11.1 Å². The Hall–Kier alpha value is -2.11. The zero-order valence-corrected chi connectivity index (χ0v) is 10.2. The molecule has 0 aromatic heterocycles. The number of carbonyl (C=O) groups is 2. The maximum absolute atomic E-state index is 13.2. The number of amides is 2.